The van der Waals surface area contributed by atoms with Crippen molar-refractivity contribution in [2.24, 2.45) is 0 Å². The number of hydrogen-bond acceptors (Lipinski definition) is 5. The van der Waals surface area contributed by atoms with E-state index in [-0.39, 0.29) is 48.8 Å². The van der Waals surface area contributed by atoms with Crippen LogP contribution in [-0.2, 0) is 23.1 Å². The highest BCUT2D eigenvalue weighted by molar-refractivity contribution is 6.71. The minimum absolute atomic E-state index is 0.188. The molecule has 0 unspecified atom stereocenters. The lowest BCUT2D eigenvalue weighted by Gasteiger charge is -2.31. The fourth-order valence-electron chi connectivity index (χ4n) is 6.75. The van der Waals surface area contributed by atoms with E-state index in [4.69, 9.17) is 23.1 Å². The number of ether oxygens (including phenoxy) is 3. The summed E-state index contributed by atoms with van der Waals surface area (Å²) in [5, 5.41) is 0. The zero-order valence-corrected chi connectivity index (χ0v) is 22.1. The van der Waals surface area contributed by atoms with Gasteiger partial charge in [-0.2, -0.15) is 0 Å². The molecule has 0 aromatic carbocycles. The molecule has 178 valence electrons. The number of fused-ring (bicyclic) bond motifs is 4. The average molecular weight is 469 g/mol. The molecule has 5 nitrogen and oxygen atoms in total. The van der Waals surface area contributed by atoms with Gasteiger partial charge in [-0.05, 0) is 89.6 Å². The molecule has 8 atom stereocenters. The molecule has 0 N–H and O–H groups in total. The fraction of sp³-hybridized carbons (Fsp3) is 1.00. The molecule has 0 bridgehead atoms. The largest absolute Gasteiger partial charge is 0.412 e. The summed E-state index contributed by atoms with van der Waals surface area (Å²) >= 11 is 0. The van der Waals surface area contributed by atoms with Gasteiger partial charge in [-0.15, -0.1) is 0 Å². The monoisotopic (exact) mass is 468 g/mol. The summed E-state index contributed by atoms with van der Waals surface area (Å²) in [6.45, 7) is 9.49. The molecule has 0 aliphatic carbocycles. The first kappa shape index (κ1) is 23.0. The molecule has 31 heavy (non-hydrogen) atoms. The molecule has 5 saturated heterocycles. The number of rotatable bonds is 0. The van der Waals surface area contributed by atoms with Crippen LogP contribution in [0.25, 0.3) is 0 Å². The van der Waals surface area contributed by atoms with Crippen LogP contribution < -0.4 is 0 Å². The third-order valence-electron chi connectivity index (χ3n) is 8.39. The minimum atomic E-state index is -1.55. The SMILES string of the molecule is C[Si]1(C)CCC[C@H]2O[C@H]3CC[C@H]4O[C@H]5CCC[Si](C)(C)O[C@@H]5CC[C@@H]4O[C@@H]3CC[C@@H]2O1. The van der Waals surface area contributed by atoms with E-state index >= 15 is 0 Å². The van der Waals surface area contributed by atoms with Crippen molar-refractivity contribution in [1.29, 1.82) is 0 Å². The molecular weight excluding hydrogens is 424 g/mol. The van der Waals surface area contributed by atoms with E-state index in [1.54, 1.807) is 0 Å². The first-order valence-corrected chi connectivity index (χ1v) is 19.3. The lowest BCUT2D eigenvalue weighted by atomic mass is 10.0. The summed E-state index contributed by atoms with van der Waals surface area (Å²) in [6, 6.07) is 2.52. The Kier molecular flexibility index (Phi) is 6.76. The maximum atomic E-state index is 6.82. The van der Waals surface area contributed by atoms with E-state index in [1.807, 2.05) is 0 Å². The van der Waals surface area contributed by atoms with Crippen LogP contribution in [0.5, 0.6) is 0 Å². The van der Waals surface area contributed by atoms with Crippen molar-refractivity contribution in [3.05, 3.63) is 0 Å². The van der Waals surface area contributed by atoms with E-state index in [0.29, 0.717) is 0 Å². The molecule has 5 heterocycles. The molecule has 5 rings (SSSR count). The van der Waals surface area contributed by atoms with Gasteiger partial charge < -0.3 is 23.1 Å². The molecular formula is C24H44O5Si2. The van der Waals surface area contributed by atoms with Crippen molar-refractivity contribution in [3.8, 4) is 0 Å². The van der Waals surface area contributed by atoms with E-state index in [2.05, 4.69) is 26.2 Å². The highest BCUT2D eigenvalue weighted by Crippen LogP contribution is 2.40. The lowest BCUT2D eigenvalue weighted by Crippen LogP contribution is -2.39. The molecule has 5 aliphatic rings. The Morgan fingerprint density at radius 1 is 0.419 bits per heavy atom. The van der Waals surface area contributed by atoms with Crippen LogP contribution in [0.2, 0.25) is 38.3 Å². The predicted octanol–water partition coefficient (Wildman–Crippen LogP) is 5.40. The Morgan fingerprint density at radius 2 is 0.710 bits per heavy atom. The first-order chi connectivity index (χ1) is 14.8. The summed E-state index contributed by atoms with van der Waals surface area (Å²) < 4.78 is 33.7. The van der Waals surface area contributed by atoms with E-state index in [9.17, 15) is 0 Å². The Labute approximate surface area is 191 Å². The molecule has 0 radical (unpaired) electrons. The van der Waals surface area contributed by atoms with Gasteiger partial charge in [-0.3, -0.25) is 0 Å². The second kappa shape index (κ2) is 9.12. The van der Waals surface area contributed by atoms with Crippen molar-refractivity contribution in [1.82, 2.24) is 0 Å². The molecule has 0 aromatic rings. The summed E-state index contributed by atoms with van der Waals surface area (Å²) in [4.78, 5) is 0. The van der Waals surface area contributed by atoms with Crippen LogP contribution in [0.1, 0.15) is 64.2 Å². The molecule has 5 aliphatic heterocycles. The Hall–Kier alpha value is 0.234. The van der Waals surface area contributed by atoms with Crippen molar-refractivity contribution in [2.45, 2.75) is 151 Å². The van der Waals surface area contributed by atoms with Gasteiger partial charge in [0.25, 0.3) is 0 Å². The van der Waals surface area contributed by atoms with Crippen molar-refractivity contribution < 1.29 is 23.1 Å². The molecule has 0 saturated carbocycles. The van der Waals surface area contributed by atoms with Gasteiger partial charge in [0, 0.05) is 0 Å². The van der Waals surface area contributed by atoms with Gasteiger partial charge in [-0.25, -0.2) is 0 Å². The quantitative estimate of drug-likeness (QED) is 0.446. The second-order valence-corrected chi connectivity index (χ2v) is 20.5. The summed E-state index contributed by atoms with van der Waals surface area (Å²) in [6.07, 6.45) is 13.0. The third kappa shape index (κ3) is 5.33. The maximum absolute atomic E-state index is 6.82. The van der Waals surface area contributed by atoms with Crippen molar-refractivity contribution in [2.75, 3.05) is 0 Å². The van der Waals surface area contributed by atoms with E-state index in [0.717, 1.165) is 51.4 Å². The van der Waals surface area contributed by atoms with Gasteiger partial charge in [-0.1, -0.05) is 12.8 Å². The van der Waals surface area contributed by atoms with Crippen LogP contribution in [-0.4, -0.2) is 65.5 Å². The minimum Gasteiger partial charge on any atom is -0.412 e. The second-order valence-electron chi connectivity index (χ2n) is 12.0. The van der Waals surface area contributed by atoms with Gasteiger partial charge in [0.05, 0.1) is 48.8 Å². The highest BCUT2D eigenvalue weighted by atomic mass is 28.4. The topological polar surface area (TPSA) is 46.2 Å². The zero-order chi connectivity index (χ0) is 21.6. The highest BCUT2D eigenvalue weighted by Gasteiger charge is 2.46. The normalized spacial score (nSPS) is 47.6. The number of hydrogen-bond donors (Lipinski definition) is 0. The van der Waals surface area contributed by atoms with Gasteiger partial charge in [0.2, 0.25) is 0 Å². The van der Waals surface area contributed by atoms with Crippen LogP contribution in [0.3, 0.4) is 0 Å². The van der Waals surface area contributed by atoms with Crippen molar-refractivity contribution in [3.63, 3.8) is 0 Å². The first-order valence-electron chi connectivity index (χ1n) is 13.1. The molecule has 7 heteroatoms. The maximum Gasteiger partial charge on any atom is 0.187 e. The standard InChI is InChI=1S/C24H44O5Si2/c1-30(2)15-5-7-17-23(28-30)13-11-21-19(25-17)9-10-20-22(27-21)12-14-24-18(26-20)8-6-16-31(3,4)29-24/h17-24H,5-16H2,1-4H3/t17-,18+,19+,20-,21-,22+,23+,24-. The predicted molar refractivity (Wildman–Crippen MR) is 126 cm³/mol. The van der Waals surface area contributed by atoms with Crippen LogP contribution in [0.15, 0.2) is 0 Å². The van der Waals surface area contributed by atoms with Crippen LogP contribution in [0, 0.1) is 0 Å². The van der Waals surface area contributed by atoms with E-state index in [1.165, 1.54) is 24.9 Å². The Bertz CT molecular complexity index is 577. The average Bonchev–Trinajstić information content (AvgIpc) is 3.12. The Morgan fingerprint density at radius 3 is 1.06 bits per heavy atom. The van der Waals surface area contributed by atoms with Crippen LogP contribution >= 0.6 is 0 Å². The van der Waals surface area contributed by atoms with Gasteiger partial charge in [0.15, 0.2) is 16.6 Å². The molecule has 0 spiro atoms. The summed E-state index contributed by atoms with van der Waals surface area (Å²) in [7, 11) is -3.10. The fourth-order valence-corrected chi connectivity index (χ4v) is 11.3. The molecule has 5 fully saturated rings. The smallest absolute Gasteiger partial charge is 0.187 e. The summed E-state index contributed by atoms with van der Waals surface area (Å²) in [5.74, 6) is 0. The molecule has 0 aromatic heterocycles. The zero-order valence-electron chi connectivity index (χ0n) is 20.1. The summed E-state index contributed by atoms with van der Waals surface area (Å²) in [5.41, 5.74) is 0. The van der Waals surface area contributed by atoms with Crippen LogP contribution in [0.4, 0.5) is 0 Å². The third-order valence-corrected chi connectivity index (χ3v) is 13.4. The van der Waals surface area contributed by atoms with Gasteiger partial charge in [0.1, 0.15) is 0 Å². The van der Waals surface area contributed by atoms with Crippen molar-refractivity contribution >= 4 is 16.6 Å². The lowest BCUT2D eigenvalue weighted by molar-refractivity contribution is -0.139. The molecule has 0 amide bonds. The van der Waals surface area contributed by atoms with Gasteiger partial charge >= 0.3 is 0 Å². The Balaban J connectivity index is 1.27. The van der Waals surface area contributed by atoms with E-state index < -0.39 is 16.6 Å².